The van der Waals surface area contributed by atoms with Crippen LogP contribution < -0.4 is 9.47 Å². The van der Waals surface area contributed by atoms with Gasteiger partial charge in [-0.05, 0) is 36.4 Å². The summed E-state index contributed by atoms with van der Waals surface area (Å²) in [5, 5.41) is 1.34. The number of ether oxygens (including phenoxy) is 2. The lowest BCUT2D eigenvalue weighted by Crippen LogP contribution is -1.99. The number of hydrogen-bond acceptors (Lipinski definition) is 3. The van der Waals surface area contributed by atoms with E-state index in [1.807, 2.05) is 42.1 Å². The number of benzene rings is 3. The van der Waals surface area contributed by atoms with Gasteiger partial charge in [-0.3, -0.25) is 4.79 Å². The summed E-state index contributed by atoms with van der Waals surface area (Å²) in [5.41, 5.74) is 2.71. The third-order valence-corrected chi connectivity index (χ3v) is 5.65. The van der Waals surface area contributed by atoms with Crippen molar-refractivity contribution < 1.29 is 18.7 Å². The van der Waals surface area contributed by atoms with Gasteiger partial charge in [-0.15, -0.1) is 0 Å². The van der Waals surface area contributed by atoms with Crippen LogP contribution in [-0.4, -0.2) is 10.4 Å². The SMILES string of the molecule is Cn1cc(/C=C2/Oc3cc(OCc4c(F)cccc4Cl)ccc3C2=O)c2ccccc21. The van der Waals surface area contributed by atoms with Crippen LogP contribution in [0.3, 0.4) is 0 Å². The Hall–Kier alpha value is -3.57. The Kier molecular flexibility index (Phi) is 4.75. The van der Waals surface area contributed by atoms with Gasteiger partial charge in [0, 0.05) is 41.3 Å². The van der Waals surface area contributed by atoms with Crippen molar-refractivity contribution in [3.63, 3.8) is 0 Å². The molecule has 1 aliphatic heterocycles. The Morgan fingerprint density at radius 1 is 1.13 bits per heavy atom. The van der Waals surface area contributed by atoms with Crippen LogP contribution in [0.4, 0.5) is 4.39 Å². The van der Waals surface area contributed by atoms with Gasteiger partial charge >= 0.3 is 0 Å². The summed E-state index contributed by atoms with van der Waals surface area (Å²) in [4.78, 5) is 12.8. The molecule has 0 saturated heterocycles. The number of nitrogens with zero attached hydrogens (tertiary/aromatic N) is 1. The fourth-order valence-corrected chi connectivity index (χ4v) is 3.93. The lowest BCUT2D eigenvalue weighted by Gasteiger charge is -2.09. The molecule has 5 rings (SSSR count). The minimum absolute atomic E-state index is 0.0308. The van der Waals surface area contributed by atoms with Gasteiger partial charge in [-0.25, -0.2) is 4.39 Å². The van der Waals surface area contributed by atoms with Gasteiger partial charge in [0.1, 0.15) is 23.9 Å². The van der Waals surface area contributed by atoms with Crippen LogP contribution in [0, 0.1) is 5.82 Å². The van der Waals surface area contributed by atoms with Crippen LogP contribution in [-0.2, 0) is 13.7 Å². The van der Waals surface area contributed by atoms with Crippen molar-refractivity contribution in [1.29, 1.82) is 0 Å². The van der Waals surface area contributed by atoms with E-state index in [-0.39, 0.29) is 23.7 Å². The average molecular weight is 434 g/mol. The van der Waals surface area contributed by atoms with Gasteiger partial charge in [0.25, 0.3) is 0 Å². The van der Waals surface area contributed by atoms with E-state index in [1.165, 1.54) is 6.07 Å². The zero-order valence-electron chi connectivity index (χ0n) is 16.6. The van der Waals surface area contributed by atoms with E-state index in [1.54, 1.807) is 36.4 Å². The third kappa shape index (κ3) is 3.47. The van der Waals surface area contributed by atoms with E-state index in [0.29, 0.717) is 22.1 Å². The van der Waals surface area contributed by atoms with Gasteiger partial charge in [-0.2, -0.15) is 0 Å². The molecule has 0 amide bonds. The number of halogens is 2. The summed E-state index contributed by atoms with van der Waals surface area (Å²) < 4.78 is 27.5. The Bertz CT molecular complexity index is 1350. The van der Waals surface area contributed by atoms with Crippen LogP contribution >= 0.6 is 11.6 Å². The largest absolute Gasteiger partial charge is 0.489 e. The molecule has 31 heavy (non-hydrogen) atoms. The van der Waals surface area contributed by atoms with Crippen LogP contribution in [0.2, 0.25) is 5.02 Å². The maximum atomic E-state index is 14.0. The number of allylic oxidation sites excluding steroid dienone is 1. The number of aryl methyl sites for hydroxylation is 1. The summed E-state index contributed by atoms with van der Waals surface area (Å²) in [6.45, 7) is -0.0308. The van der Waals surface area contributed by atoms with Gasteiger partial charge in [-0.1, -0.05) is 35.9 Å². The number of fused-ring (bicyclic) bond motifs is 2. The van der Waals surface area contributed by atoms with Crippen molar-refractivity contribution in [1.82, 2.24) is 4.57 Å². The number of aromatic nitrogens is 1. The molecule has 0 aliphatic carbocycles. The zero-order valence-corrected chi connectivity index (χ0v) is 17.3. The number of carbonyl (C=O) groups excluding carboxylic acids is 1. The van der Waals surface area contributed by atoms with Gasteiger partial charge < -0.3 is 14.0 Å². The first-order valence-corrected chi connectivity index (χ1v) is 10.1. The number of rotatable bonds is 4. The Balaban J connectivity index is 1.40. The average Bonchev–Trinajstić information content (AvgIpc) is 3.24. The molecule has 0 N–H and O–H groups in total. The molecule has 0 unspecified atom stereocenters. The molecule has 4 aromatic rings. The number of carbonyl (C=O) groups is 1. The molecule has 4 nitrogen and oxygen atoms in total. The highest BCUT2D eigenvalue weighted by Gasteiger charge is 2.28. The molecule has 2 heterocycles. The maximum absolute atomic E-state index is 14.0. The van der Waals surface area contributed by atoms with E-state index in [4.69, 9.17) is 21.1 Å². The fraction of sp³-hybridized carbons (Fsp3) is 0.0800. The zero-order chi connectivity index (χ0) is 21.5. The molecule has 0 saturated carbocycles. The second-order valence-corrected chi connectivity index (χ2v) is 7.71. The van der Waals surface area contributed by atoms with E-state index < -0.39 is 5.82 Å². The molecule has 0 atom stereocenters. The minimum atomic E-state index is -0.430. The van der Waals surface area contributed by atoms with E-state index >= 15 is 0 Å². The lowest BCUT2D eigenvalue weighted by atomic mass is 10.1. The van der Waals surface area contributed by atoms with Gasteiger partial charge in [0.05, 0.1) is 10.6 Å². The van der Waals surface area contributed by atoms with Crippen molar-refractivity contribution >= 4 is 34.4 Å². The summed E-state index contributed by atoms with van der Waals surface area (Å²) in [7, 11) is 1.96. The summed E-state index contributed by atoms with van der Waals surface area (Å²) in [5.74, 6) is 0.499. The lowest BCUT2D eigenvalue weighted by molar-refractivity contribution is 0.101. The molecule has 1 aromatic heterocycles. The quantitative estimate of drug-likeness (QED) is 0.361. The topological polar surface area (TPSA) is 40.5 Å². The van der Waals surface area contributed by atoms with E-state index in [9.17, 15) is 9.18 Å². The standard InChI is InChI=1S/C25H17ClFNO3/c1-28-13-15(17-5-2-3-8-22(17)28)11-24-25(29)18-10-9-16(12-23(18)31-24)30-14-19-20(26)6-4-7-21(19)27/h2-13H,14H2,1H3/b24-11+. The Morgan fingerprint density at radius 3 is 2.81 bits per heavy atom. The van der Waals surface area contributed by atoms with Crippen molar-refractivity contribution in [2.24, 2.45) is 7.05 Å². The number of hydrogen-bond donors (Lipinski definition) is 0. The Morgan fingerprint density at radius 2 is 1.97 bits per heavy atom. The van der Waals surface area contributed by atoms with Crippen LogP contribution in [0.5, 0.6) is 11.5 Å². The maximum Gasteiger partial charge on any atom is 0.231 e. The highest BCUT2D eigenvalue weighted by molar-refractivity contribution is 6.31. The predicted octanol–water partition coefficient (Wildman–Crippen LogP) is 6.17. The molecule has 6 heteroatoms. The molecule has 154 valence electrons. The molecule has 0 spiro atoms. The van der Waals surface area contributed by atoms with E-state index in [2.05, 4.69) is 0 Å². The smallest absolute Gasteiger partial charge is 0.231 e. The molecular formula is C25H17ClFNO3. The number of para-hydroxylation sites is 1. The molecule has 0 radical (unpaired) electrons. The van der Waals surface area contributed by atoms with Crippen molar-refractivity contribution in [3.05, 3.63) is 100 Å². The third-order valence-electron chi connectivity index (χ3n) is 5.30. The first-order valence-electron chi connectivity index (χ1n) is 9.69. The normalized spacial score (nSPS) is 14.2. The molecule has 3 aromatic carbocycles. The van der Waals surface area contributed by atoms with Crippen LogP contribution in [0.25, 0.3) is 17.0 Å². The van der Waals surface area contributed by atoms with Crippen LogP contribution in [0.1, 0.15) is 21.5 Å². The van der Waals surface area contributed by atoms with Crippen molar-refractivity contribution in [3.8, 4) is 11.5 Å². The second kappa shape index (κ2) is 7.60. The first kappa shape index (κ1) is 19.4. The monoisotopic (exact) mass is 433 g/mol. The second-order valence-electron chi connectivity index (χ2n) is 7.30. The van der Waals surface area contributed by atoms with Crippen LogP contribution in [0.15, 0.2) is 72.6 Å². The molecule has 0 bridgehead atoms. The Labute approximate surface area is 183 Å². The van der Waals surface area contributed by atoms with Crippen molar-refractivity contribution in [2.45, 2.75) is 6.61 Å². The molecule has 0 fully saturated rings. The fourth-order valence-electron chi connectivity index (χ4n) is 3.71. The number of ketones is 1. The highest BCUT2D eigenvalue weighted by atomic mass is 35.5. The van der Waals surface area contributed by atoms with E-state index in [0.717, 1.165) is 16.5 Å². The minimum Gasteiger partial charge on any atom is -0.489 e. The van der Waals surface area contributed by atoms with Crippen molar-refractivity contribution in [2.75, 3.05) is 0 Å². The predicted molar refractivity (Wildman–Crippen MR) is 118 cm³/mol. The van der Waals surface area contributed by atoms with Gasteiger partial charge in [0.15, 0.2) is 5.76 Å². The first-order chi connectivity index (χ1) is 15.0. The molecule has 1 aliphatic rings. The van der Waals surface area contributed by atoms with Gasteiger partial charge in [0.2, 0.25) is 5.78 Å². The number of Topliss-reactive ketones (excluding diaryl/α,β-unsaturated/α-hetero) is 1. The summed E-state index contributed by atoms with van der Waals surface area (Å²) >= 11 is 6.05. The highest BCUT2D eigenvalue weighted by Crippen LogP contribution is 2.36. The summed E-state index contributed by atoms with van der Waals surface area (Å²) in [6, 6.07) is 17.4. The molecular weight excluding hydrogens is 417 g/mol. The summed E-state index contributed by atoms with van der Waals surface area (Å²) in [6.07, 6.45) is 3.72.